The first kappa shape index (κ1) is 9.21. The second-order valence-corrected chi connectivity index (χ2v) is 4.64. The molecule has 14 heavy (non-hydrogen) atoms. The van der Waals surface area contributed by atoms with E-state index in [-0.39, 0.29) is 0 Å². The molecule has 0 aliphatic carbocycles. The van der Waals surface area contributed by atoms with Crippen molar-refractivity contribution in [3.8, 4) is 10.4 Å². The van der Waals surface area contributed by atoms with Gasteiger partial charge in [0, 0.05) is 21.5 Å². The standard InChI is InChI=1S/C11H12N2S/c1-7-5-9(11(12)13-6-7)10-4-3-8(2)14-10/h3-6H,1-2H3,(H2,12,13). The van der Waals surface area contributed by atoms with Gasteiger partial charge in [0.1, 0.15) is 5.82 Å². The van der Waals surface area contributed by atoms with Gasteiger partial charge in [-0.3, -0.25) is 0 Å². The van der Waals surface area contributed by atoms with E-state index < -0.39 is 0 Å². The summed E-state index contributed by atoms with van der Waals surface area (Å²) in [7, 11) is 0. The van der Waals surface area contributed by atoms with Crippen LogP contribution in [0.15, 0.2) is 24.4 Å². The lowest BCUT2D eigenvalue weighted by atomic mass is 10.2. The molecule has 0 fully saturated rings. The first-order valence-corrected chi connectivity index (χ1v) is 5.27. The number of nitrogens with two attached hydrogens (primary N) is 1. The smallest absolute Gasteiger partial charge is 0.132 e. The quantitative estimate of drug-likeness (QED) is 0.775. The summed E-state index contributed by atoms with van der Waals surface area (Å²) in [5, 5.41) is 0. The number of hydrogen-bond donors (Lipinski definition) is 1. The Morgan fingerprint density at radius 2 is 2.07 bits per heavy atom. The second-order valence-electron chi connectivity index (χ2n) is 3.36. The van der Waals surface area contributed by atoms with Crippen molar-refractivity contribution in [2.24, 2.45) is 0 Å². The third-order valence-corrected chi connectivity index (χ3v) is 3.10. The topological polar surface area (TPSA) is 38.9 Å². The Hall–Kier alpha value is -1.35. The van der Waals surface area contributed by atoms with Crippen molar-refractivity contribution >= 4 is 17.2 Å². The molecule has 0 amide bonds. The van der Waals surface area contributed by atoms with E-state index in [1.165, 1.54) is 9.75 Å². The minimum atomic E-state index is 0.609. The molecule has 2 heterocycles. The highest BCUT2D eigenvalue weighted by molar-refractivity contribution is 7.15. The van der Waals surface area contributed by atoms with Crippen LogP contribution in [-0.2, 0) is 0 Å². The molecule has 72 valence electrons. The Bertz CT molecular complexity index is 460. The Morgan fingerprint density at radius 3 is 2.71 bits per heavy atom. The predicted molar refractivity (Wildman–Crippen MR) is 61.4 cm³/mol. The SMILES string of the molecule is Cc1cnc(N)c(-c2ccc(C)s2)c1. The number of rotatable bonds is 1. The highest BCUT2D eigenvalue weighted by Gasteiger charge is 2.05. The Balaban J connectivity index is 2.55. The number of pyridine rings is 1. The fraction of sp³-hybridized carbons (Fsp3) is 0.182. The number of aromatic nitrogens is 1. The lowest BCUT2D eigenvalue weighted by Crippen LogP contribution is -1.93. The molecule has 2 nitrogen and oxygen atoms in total. The molecular weight excluding hydrogens is 192 g/mol. The zero-order valence-corrected chi connectivity index (χ0v) is 9.06. The highest BCUT2D eigenvalue weighted by atomic mass is 32.1. The average molecular weight is 204 g/mol. The van der Waals surface area contributed by atoms with Crippen LogP contribution >= 0.6 is 11.3 Å². The molecule has 2 aromatic rings. The van der Waals surface area contributed by atoms with E-state index in [1.54, 1.807) is 17.5 Å². The van der Waals surface area contributed by atoms with Gasteiger partial charge in [-0.2, -0.15) is 0 Å². The van der Waals surface area contributed by atoms with E-state index in [4.69, 9.17) is 5.73 Å². The zero-order valence-electron chi connectivity index (χ0n) is 8.24. The minimum Gasteiger partial charge on any atom is -0.383 e. The molecular formula is C11H12N2S. The van der Waals surface area contributed by atoms with Crippen LogP contribution in [-0.4, -0.2) is 4.98 Å². The maximum Gasteiger partial charge on any atom is 0.132 e. The summed E-state index contributed by atoms with van der Waals surface area (Å²) in [6.07, 6.45) is 1.79. The molecule has 0 radical (unpaired) electrons. The summed E-state index contributed by atoms with van der Waals surface area (Å²) < 4.78 is 0. The van der Waals surface area contributed by atoms with Crippen LogP contribution < -0.4 is 5.73 Å². The summed E-state index contributed by atoms with van der Waals surface area (Å²) in [5.41, 5.74) is 8.01. The van der Waals surface area contributed by atoms with Crippen LogP contribution in [0.2, 0.25) is 0 Å². The van der Waals surface area contributed by atoms with E-state index >= 15 is 0 Å². The van der Waals surface area contributed by atoms with Gasteiger partial charge in [-0.1, -0.05) is 0 Å². The van der Waals surface area contributed by atoms with Crippen molar-refractivity contribution in [3.05, 3.63) is 34.8 Å². The van der Waals surface area contributed by atoms with Gasteiger partial charge < -0.3 is 5.73 Å². The third kappa shape index (κ3) is 1.63. The summed E-state index contributed by atoms with van der Waals surface area (Å²) in [4.78, 5) is 6.63. The van der Waals surface area contributed by atoms with Crippen molar-refractivity contribution in [1.82, 2.24) is 4.98 Å². The minimum absolute atomic E-state index is 0.609. The first-order valence-electron chi connectivity index (χ1n) is 4.46. The van der Waals surface area contributed by atoms with Crippen molar-refractivity contribution in [2.45, 2.75) is 13.8 Å². The summed E-state index contributed by atoms with van der Waals surface area (Å²) in [5.74, 6) is 0.609. The van der Waals surface area contributed by atoms with E-state index in [1.807, 2.05) is 6.92 Å². The number of anilines is 1. The fourth-order valence-corrected chi connectivity index (χ4v) is 2.25. The number of aryl methyl sites for hydroxylation is 2. The lowest BCUT2D eigenvalue weighted by Gasteiger charge is -2.02. The normalized spacial score (nSPS) is 10.4. The molecule has 0 spiro atoms. The van der Waals surface area contributed by atoms with Crippen molar-refractivity contribution < 1.29 is 0 Å². The second kappa shape index (κ2) is 3.42. The van der Waals surface area contributed by atoms with Gasteiger partial charge in [0.05, 0.1) is 0 Å². The summed E-state index contributed by atoms with van der Waals surface area (Å²) >= 11 is 1.74. The van der Waals surface area contributed by atoms with Crippen LogP contribution in [0.1, 0.15) is 10.4 Å². The number of thiophene rings is 1. The predicted octanol–water partition coefficient (Wildman–Crippen LogP) is 3.01. The Kier molecular flexibility index (Phi) is 2.25. The largest absolute Gasteiger partial charge is 0.383 e. The molecule has 0 saturated heterocycles. The first-order chi connectivity index (χ1) is 6.66. The van der Waals surface area contributed by atoms with Gasteiger partial charge in [-0.15, -0.1) is 11.3 Å². The van der Waals surface area contributed by atoms with Gasteiger partial charge >= 0.3 is 0 Å². The van der Waals surface area contributed by atoms with Crippen LogP contribution in [0.25, 0.3) is 10.4 Å². The lowest BCUT2D eigenvalue weighted by molar-refractivity contribution is 1.28. The molecule has 0 atom stereocenters. The fourth-order valence-electron chi connectivity index (χ4n) is 1.36. The third-order valence-electron chi connectivity index (χ3n) is 2.06. The molecule has 0 aliphatic rings. The van der Waals surface area contributed by atoms with Gasteiger partial charge in [-0.25, -0.2) is 4.98 Å². The van der Waals surface area contributed by atoms with Crippen LogP contribution in [0, 0.1) is 13.8 Å². The van der Waals surface area contributed by atoms with Crippen molar-refractivity contribution in [1.29, 1.82) is 0 Å². The number of nitrogens with zero attached hydrogens (tertiary/aromatic N) is 1. The zero-order chi connectivity index (χ0) is 10.1. The molecule has 0 aromatic carbocycles. The number of hydrogen-bond acceptors (Lipinski definition) is 3. The molecule has 0 unspecified atom stereocenters. The monoisotopic (exact) mass is 204 g/mol. The summed E-state index contributed by atoms with van der Waals surface area (Å²) in [6, 6.07) is 6.27. The van der Waals surface area contributed by atoms with Crippen LogP contribution in [0.5, 0.6) is 0 Å². The van der Waals surface area contributed by atoms with Gasteiger partial charge in [0.15, 0.2) is 0 Å². The molecule has 0 saturated carbocycles. The Labute approximate surface area is 87.4 Å². The van der Waals surface area contributed by atoms with Gasteiger partial charge in [-0.05, 0) is 37.6 Å². The van der Waals surface area contributed by atoms with Crippen molar-refractivity contribution in [3.63, 3.8) is 0 Å². The average Bonchev–Trinajstić information content (AvgIpc) is 2.56. The number of nitrogen functional groups attached to an aromatic ring is 1. The molecule has 0 bridgehead atoms. The Morgan fingerprint density at radius 1 is 1.29 bits per heavy atom. The molecule has 2 N–H and O–H groups in total. The van der Waals surface area contributed by atoms with Crippen LogP contribution in [0.3, 0.4) is 0 Å². The van der Waals surface area contributed by atoms with Gasteiger partial charge in [0.25, 0.3) is 0 Å². The maximum absolute atomic E-state index is 5.83. The summed E-state index contributed by atoms with van der Waals surface area (Å²) in [6.45, 7) is 4.12. The molecule has 3 heteroatoms. The highest BCUT2D eigenvalue weighted by Crippen LogP contribution is 2.31. The molecule has 2 rings (SSSR count). The molecule has 2 aromatic heterocycles. The van der Waals surface area contributed by atoms with E-state index in [2.05, 4.69) is 30.1 Å². The van der Waals surface area contributed by atoms with E-state index in [0.29, 0.717) is 5.82 Å². The van der Waals surface area contributed by atoms with E-state index in [9.17, 15) is 0 Å². The van der Waals surface area contributed by atoms with Gasteiger partial charge in [0.2, 0.25) is 0 Å². The van der Waals surface area contributed by atoms with Crippen LogP contribution in [0.4, 0.5) is 5.82 Å². The van der Waals surface area contributed by atoms with Crippen molar-refractivity contribution in [2.75, 3.05) is 5.73 Å². The van der Waals surface area contributed by atoms with E-state index in [0.717, 1.165) is 11.1 Å². The maximum atomic E-state index is 5.83. The molecule has 0 aliphatic heterocycles.